The maximum Gasteiger partial charge on any atom is 0.243 e. The van der Waals surface area contributed by atoms with Crippen LogP contribution in [-0.2, 0) is 14.8 Å². The van der Waals surface area contributed by atoms with Gasteiger partial charge in [-0.2, -0.15) is 4.31 Å². The van der Waals surface area contributed by atoms with E-state index in [-0.39, 0.29) is 11.0 Å². The summed E-state index contributed by atoms with van der Waals surface area (Å²) < 4.78 is 32.6. The smallest absolute Gasteiger partial charge is 0.243 e. The van der Waals surface area contributed by atoms with Gasteiger partial charge in [-0.25, -0.2) is 8.42 Å². The second-order valence-electron chi connectivity index (χ2n) is 4.34. The van der Waals surface area contributed by atoms with Crippen LogP contribution in [0.4, 0.5) is 0 Å². The summed E-state index contributed by atoms with van der Waals surface area (Å²) in [7, 11) is -3.48. The van der Waals surface area contributed by atoms with Crippen molar-refractivity contribution in [3.63, 3.8) is 0 Å². The van der Waals surface area contributed by atoms with Crippen LogP contribution in [0.15, 0.2) is 27.6 Å². The average molecular weight is 369 g/mol. The van der Waals surface area contributed by atoms with Gasteiger partial charge in [0.2, 0.25) is 10.0 Å². The Balaban J connectivity index is 2.28. The molecule has 1 unspecified atom stereocenters. The average Bonchev–Trinajstić information content (AvgIpc) is 2.41. The van der Waals surface area contributed by atoms with Crippen LogP contribution in [0.3, 0.4) is 0 Å². The molecule has 1 aliphatic rings. The topological polar surface area (TPSA) is 46.6 Å². The number of halogens is 2. The van der Waals surface area contributed by atoms with Crippen molar-refractivity contribution in [2.45, 2.75) is 24.3 Å². The molecule has 0 bridgehead atoms. The van der Waals surface area contributed by atoms with Crippen molar-refractivity contribution in [2.75, 3.05) is 19.7 Å². The van der Waals surface area contributed by atoms with E-state index in [0.717, 1.165) is 6.42 Å². The number of hydrogen-bond acceptors (Lipinski definition) is 3. The van der Waals surface area contributed by atoms with Crippen LogP contribution in [0.2, 0.25) is 5.02 Å². The first-order valence-corrected chi connectivity index (χ1v) is 8.63. The molecule has 0 aliphatic carbocycles. The molecular weight excluding hydrogens is 354 g/mol. The van der Waals surface area contributed by atoms with Crippen molar-refractivity contribution in [3.05, 3.63) is 27.7 Å². The SMILES string of the molecule is CCC1CN(S(=O)(=O)c2ccc(Cl)c(Br)c2)CCO1. The third-order valence-electron chi connectivity index (χ3n) is 3.09. The minimum atomic E-state index is -3.48. The Labute approximate surface area is 126 Å². The Morgan fingerprint density at radius 1 is 1.53 bits per heavy atom. The zero-order valence-electron chi connectivity index (χ0n) is 10.5. The zero-order chi connectivity index (χ0) is 14.0. The van der Waals surface area contributed by atoms with Crippen molar-refractivity contribution >= 4 is 37.6 Å². The van der Waals surface area contributed by atoms with Gasteiger partial charge in [-0.3, -0.25) is 0 Å². The largest absolute Gasteiger partial charge is 0.375 e. The molecule has 19 heavy (non-hydrogen) atoms. The predicted molar refractivity (Wildman–Crippen MR) is 77.9 cm³/mol. The molecule has 106 valence electrons. The van der Waals surface area contributed by atoms with Gasteiger partial charge in [-0.1, -0.05) is 18.5 Å². The van der Waals surface area contributed by atoms with Gasteiger partial charge in [-0.15, -0.1) is 0 Å². The van der Waals surface area contributed by atoms with Gasteiger partial charge in [0.15, 0.2) is 0 Å². The summed E-state index contributed by atoms with van der Waals surface area (Å²) in [6.45, 7) is 3.21. The van der Waals surface area contributed by atoms with Crippen LogP contribution in [0.1, 0.15) is 13.3 Å². The van der Waals surface area contributed by atoms with Crippen molar-refractivity contribution in [1.82, 2.24) is 4.31 Å². The molecule has 4 nitrogen and oxygen atoms in total. The summed E-state index contributed by atoms with van der Waals surface area (Å²) in [6.07, 6.45) is 0.773. The molecule has 0 N–H and O–H groups in total. The van der Waals surface area contributed by atoms with E-state index in [9.17, 15) is 8.42 Å². The van der Waals surface area contributed by atoms with E-state index in [0.29, 0.717) is 29.2 Å². The lowest BCUT2D eigenvalue weighted by Gasteiger charge is -2.31. The van der Waals surface area contributed by atoms with E-state index in [4.69, 9.17) is 16.3 Å². The van der Waals surface area contributed by atoms with Crippen LogP contribution >= 0.6 is 27.5 Å². The molecule has 1 aromatic carbocycles. The standard InChI is InChI=1S/C12H15BrClNO3S/c1-2-9-8-15(5-6-18-9)19(16,17)10-3-4-12(14)11(13)7-10/h3-4,7,9H,2,5-6,8H2,1H3. The van der Waals surface area contributed by atoms with Crippen LogP contribution in [0.25, 0.3) is 0 Å². The fraction of sp³-hybridized carbons (Fsp3) is 0.500. The molecule has 1 heterocycles. The molecule has 2 rings (SSSR count). The summed E-state index contributed by atoms with van der Waals surface area (Å²) in [6, 6.07) is 4.64. The third-order valence-corrected chi connectivity index (χ3v) is 6.16. The van der Waals surface area contributed by atoms with E-state index in [1.807, 2.05) is 6.92 Å². The molecule has 0 radical (unpaired) electrons. The number of hydrogen-bond donors (Lipinski definition) is 0. The lowest BCUT2D eigenvalue weighted by molar-refractivity contribution is -0.00277. The Bertz CT molecular complexity index is 564. The molecule has 1 atom stereocenters. The third kappa shape index (κ3) is 3.31. The molecule has 1 aliphatic heterocycles. The highest BCUT2D eigenvalue weighted by Gasteiger charge is 2.30. The van der Waals surface area contributed by atoms with Gasteiger partial charge in [0.05, 0.1) is 22.6 Å². The molecule has 0 aromatic heterocycles. The Hall–Kier alpha value is -0.140. The maximum atomic E-state index is 12.5. The van der Waals surface area contributed by atoms with Gasteiger partial charge in [0.25, 0.3) is 0 Å². The van der Waals surface area contributed by atoms with E-state index >= 15 is 0 Å². The van der Waals surface area contributed by atoms with Gasteiger partial charge < -0.3 is 4.74 Å². The second-order valence-corrected chi connectivity index (χ2v) is 7.54. The van der Waals surface area contributed by atoms with Crippen LogP contribution in [0.5, 0.6) is 0 Å². The summed E-state index contributed by atoms with van der Waals surface area (Å²) in [5, 5.41) is 0.493. The van der Waals surface area contributed by atoms with Crippen molar-refractivity contribution in [1.29, 1.82) is 0 Å². The first-order valence-electron chi connectivity index (χ1n) is 6.02. The van der Waals surface area contributed by atoms with Crippen LogP contribution < -0.4 is 0 Å². The summed E-state index contributed by atoms with van der Waals surface area (Å²) in [5.74, 6) is 0. The molecule has 1 aromatic rings. The van der Waals surface area contributed by atoms with E-state index in [2.05, 4.69) is 15.9 Å². The summed E-state index contributed by atoms with van der Waals surface area (Å²) >= 11 is 9.14. The highest BCUT2D eigenvalue weighted by molar-refractivity contribution is 9.10. The maximum absolute atomic E-state index is 12.5. The van der Waals surface area contributed by atoms with Crippen LogP contribution in [-0.4, -0.2) is 38.5 Å². The molecule has 0 spiro atoms. The quantitative estimate of drug-likeness (QED) is 0.824. The van der Waals surface area contributed by atoms with Gasteiger partial charge in [0, 0.05) is 17.6 Å². The summed E-state index contributed by atoms with van der Waals surface area (Å²) in [4.78, 5) is 0.250. The minimum Gasteiger partial charge on any atom is -0.375 e. The number of ether oxygens (including phenoxy) is 1. The fourth-order valence-corrected chi connectivity index (χ4v) is 4.07. The molecule has 1 saturated heterocycles. The highest BCUT2D eigenvalue weighted by Crippen LogP contribution is 2.27. The second kappa shape index (κ2) is 6.10. The van der Waals surface area contributed by atoms with Crippen molar-refractivity contribution < 1.29 is 13.2 Å². The number of morpholine rings is 1. The molecule has 0 saturated carbocycles. The van der Waals surface area contributed by atoms with Crippen molar-refractivity contribution in [2.24, 2.45) is 0 Å². The first kappa shape index (κ1) is 15.3. The number of sulfonamides is 1. The van der Waals surface area contributed by atoms with Crippen molar-refractivity contribution in [3.8, 4) is 0 Å². The fourth-order valence-electron chi connectivity index (χ4n) is 1.94. The number of nitrogens with zero attached hydrogens (tertiary/aromatic N) is 1. The molecular formula is C12H15BrClNO3S. The molecule has 0 amide bonds. The highest BCUT2D eigenvalue weighted by atomic mass is 79.9. The summed E-state index contributed by atoms with van der Waals surface area (Å²) in [5.41, 5.74) is 0. The van der Waals surface area contributed by atoms with Gasteiger partial charge >= 0.3 is 0 Å². The van der Waals surface area contributed by atoms with Gasteiger partial charge in [0.1, 0.15) is 0 Å². The lowest BCUT2D eigenvalue weighted by atomic mass is 10.2. The normalized spacial score (nSPS) is 21.5. The predicted octanol–water partition coefficient (Wildman–Crippen LogP) is 2.90. The van der Waals surface area contributed by atoms with E-state index in [1.165, 1.54) is 16.4 Å². The minimum absolute atomic E-state index is 0.0285. The van der Waals surface area contributed by atoms with E-state index in [1.54, 1.807) is 6.07 Å². The van der Waals surface area contributed by atoms with E-state index < -0.39 is 10.0 Å². The lowest BCUT2D eigenvalue weighted by Crippen LogP contribution is -2.45. The Kier molecular flexibility index (Phi) is 4.89. The molecule has 1 fully saturated rings. The monoisotopic (exact) mass is 367 g/mol. The Morgan fingerprint density at radius 3 is 2.89 bits per heavy atom. The van der Waals surface area contributed by atoms with Gasteiger partial charge in [-0.05, 0) is 40.5 Å². The Morgan fingerprint density at radius 2 is 2.26 bits per heavy atom. The molecule has 7 heteroatoms. The van der Waals surface area contributed by atoms with Crippen LogP contribution in [0, 0.1) is 0 Å². The zero-order valence-corrected chi connectivity index (χ0v) is 13.6. The number of benzene rings is 1. The number of rotatable bonds is 3. The first-order chi connectivity index (χ1) is 8.95.